The van der Waals surface area contributed by atoms with E-state index in [1.807, 2.05) is 0 Å². The third-order valence-corrected chi connectivity index (χ3v) is 3.98. The van der Waals surface area contributed by atoms with E-state index in [1.54, 1.807) is 11.3 Å². The van der Waals surface area contributed by atoms with Crippen LogP contribution in [0.15, 0.2) is 16.8 Å². The molecule has 88 valence electrons. The van der Waals surface area contributed by atoms with Crippen LogP contribution >= 0.6 is 11.3 Å². The summed E-state index contributed by atoms with van der Waals surface area (Å²) in [6, 6.07) is 2.11. The molecule has 0 bridgehead atoms. The zero-order valence-electron chi connectivity index (χ0n) is 9.58. The van der Waals surface area contributed by atoms with Crippen molar-refractivity contribution in [2.75, 3.05) is 13.1 Å². The average Bonchev–Trinajstić information content (AvgIpc) is 2.81. The van der Waals surface area contributed by atoms with Crippen LogP contribution in [-0.4, -0.2) is 18.9 Å². The van der Waals surface area contributed by atoms with Gasteiger partial charge in [-0.15, -0.1) is 0 Å². The summed E-state index contributed by atoms with van der Waals surface area (Å²) < 4.78 is 0. The van der Waals surface area contributed by atoms with Gasteiger partial charge in [0.1, 0.15) is 5.78 Å². The van der Waals surface area contributed by atoms with Gasteiger partial charge in [-0.25, -0.2) is 0 Å². The van der Waals surface area contributed by atoms with Gasteiger partial charge in [0.25, 0.3) is 0 Å². The monoisotopic (exact) mass is 237 g/mol. The van der Waals surface area contributed by atoms with E-state index in [2.05, 4.69) is 22.1 Å². The highest BCUT2D eigenvalue weighted by Crippen LogP contribution is 2.18. The molecule has 0 saturated carbocycles. The number of nitrogens with one attached hydrogen (secondary N) is 1. The van der Waals surface area contributed by atoms with Crippen LogP contribution in [0, 0.1) is 5.92 Å². The van der Waals surface area contributed by atoms with Crippen molar-refractivity contribution in [3.05, 3.63) is 22.4 Å². The fourth-order valence-electron chi connectivity index (χ4n) is 2.23. The van der Waals surface area contributed by atoms with Gasteiger partial charge in [0, 0.05) is 12.8 Å². The smallest absolute Gasteiger partial charge is 0.133 e. The van der Waals surface area contributed by atoms with Crippen LogP contribution in [0.1, 0.15) is 31.2 Å². The Morgan fingerprint density at radius 2 is 2.25 bits per heavy atom. The van der Waals surface area contributed by atoms with Crippen LogP contribution in [-0.2, 0) is 11.2 Å². The second-order valence-corrected chi connectivity index (χ2v) is 5.35. The fourth-order valence-corrected chi connectivity index (χ4v) is 2.93. The molecule has 0 spiro atoms. The molecule has 2 heterocycles. The third kappa shape index (κ3) is 3.72. The zero-order valence-corrected chi connectivity index (χ0v) is 10.4. The first kappa shape index (κ1) is 11.8. The van der Waals surface area contributed by atoms with Gasteiger partial charge in [0.15, 0.2) is 0 Å². The van der Waals surface area contributed by atoms with E-state index in [0.29, 0.717) is 11.7 Å². The van der Waals surface area contributed by atoms with Crippen LogP contribution in [0.25, 0.3) is 0 Å². The highest BCUT2D eigenvalue weighted by Gasteiger charge is 2.16. The Bertz CT molecular complexity index is 315. The van der Waals surface area contributed by atoms with Crippen molar-refractivity contribution in [2.45, 2.75) is 32.1 Å². The molecule has 2 nitrogen and oxygen atoms in total. The summed E-state index contributed by atoms with van der Waals surface area (Å²) in [5.74, 6) is 1.08. The van der Waals surface area contributed by atoms with Crippen molar-refractivity contribution in [3.8, 4) is 0 Å². The van der Waals surface area contributed by atoms with E-state index in [0.717, 1.165) is 32.4 Å². The van der Waals surface area contributed by atoms with E-state index in [1.165, 1.54) is 18.4 Å². The van der Waals surface area contributed by atoms with Gasteiger partial charge in [-0.2, -0.15) is 11.3 Å². The summed E-state index contributed by atoms with van der Waals surface area (Å²) in [4.78, 5) is 11.8. The Morgan fingerprint density at radius 3 is 2.94 bits per heavy atom. The van der Waals surface area contributed by atoms with Crippen molar-refractivity contribution < 1.29 is 4.79 Å². The predicted molar refractivity (Wildman–Crippen MR) is 67.9 cm³/mol. The van der Waals surface area contributed by atoms with Crippen LogP contribution in [0.5, 0.6) is 0 Å². The first-order valence-electron chi connectivity index (χ1n) is 6.08. The minimum absolute atomic E-state index is 0.443. The van der Waals surface area contributed by atoms with E-state index in [4.69, 9.17) is 0 Å². The van der Waals surface area contributed by atoms with Gasteiger partial charge in [0.05, 0.1) is 0 Å². The van der Waals surface area contributed by atoms with Gasteiger partial charge >= 0.3 is 0 Å². The van der Waals surface area contributed by atoms with Crippen molar-refractivity contribution in [1.82, 2.24) is 5.32 Å². The molecule has 1 saturated heterocycles. The molecule has 0 radical (unpaired) electrons. The molecule has 1 N–H and O–H groups in total. The van der Waals surface area contributed by atoms with Crippen molar-refractivity contribution in [1.29, 1.82) is 0 Å². The van der Waals surface area contributed by atoms with Crippen LogP contribution < -0.4 is 5.32 Å². The van der Waals surface area contributed by atoms with Crippen molar-refractivity contribution >= 4 is 17.1 Å². The van der Waals surface area contributed by atoms with Crippen LogP contribution in [0.4, 0.5) is 0 Å². The minimum Gasteiger partial charge on any atom is -0.317 e. The summed E-state index contributed by atoms with van der Waals surface area (Å²) in [6.07, 6.45) is 4.79. The highest BCUT2D eigenvalue weighted by molar-refractivity contribution is 7.07. The average molecular weight is 237 g/mol. The zero-order chi connectivity index (χ0) is 11.2. The summed E-state index contributed by atoms with van der Waals surface area (Å²) in [7, 11) is 0. The van der Waals surface area contributed by atoms with Gasteiger partial charge in [-0.05, 0) is 60.7 Å². The number of aryl methyl sites for hydroxylation is 1. The molecular formula is C13H19NOS. The van der Waals surface area contributed by atoms with Gasteiger partial charge in [-0.1, -0.05) is 0 Å². The topological polar surface area (TPSA) is 29.1 Å². The molecule has 1 aliphatic heterocycles. The second-order valence-electron chi connectivity index (χ2n) is 4.57. The summed E-state index contributed by atoms with van der Waals surface area (Å²) in [5.41, 5.74) is 1.31. The molecule has 1 aromatic rings. The van der Waals surface area contributed by atoms with Gasteiger partial charge in [0.2, 0.25) is 0 Å². The van der Waals surface area contributed by atoms with Crippen LogP contribution in [0.3, 0.4) is 0 Å². The molecule has 0 unspecified atom stereocenters. The highest BCUT2D eigenvalue weighted by atomic mass is 32.1. The SMILES string of the molecule is O=C(CCc1ccsc1)CC1CCNCC1. The molecule has 1 aromatic heterocycles. The van der Waals surface area contributed by atoms with Crippen molar-refractivity contribution in [3.63, 3.8) is 0 Å². The number of rotatable bonds is 5. The fraction of sp³-hybridized carbons (Fsp3) is 0.615. The van der Waals surface area contributed by atoms with Crippen molar-refractivity contribution in [2.24, 2.45) is 5.92 Å². The number of hydrogen-bond donors (Lipinski definition) is 1. The maximum absolute atomic E-state index is 11.8. The first-order chi connectivity index (χ1) is 7.84. The predicted octanol–water partition coefficient (Wildman–Crippen LogP) is 2.64. The molecule has 0 atom stereocenters. The maximum atomic E-state index is 11.8. The number of thiophene rings is 1. The molecule has 16 heavy (non-hydrogen) atoms. The lowest BCUT2D eigenvalue weighted by Crippen LogP contribution is -2.28. The number of Topliss-reactive ketones (excluding diaryl/α,β-unsaturated/α-hetero) is 1. The van der Waals surface area contributed by atoms with Gasteiger partial charge in [-0.3, -0.25) is 4.79 Å². The Hall–Kier alpha value is -0.670. The first-order valence-corrected chi connectivity index (χ1v) is 7.02. The van der Waals surface area contributed by atoms with E-state index in [-0.39, 0.29) is 0 Å². The Balaban J connectivity index is 1.67. The standard InChI is InChI=1S/C13H19NOS/c15-13(2-1-12-5-8-16-10-12)9-11-3-6-14-7-4-11/h5,8,10-11,14H,1-4,6-7,9H2. The third-order valence-electron chi connectivity index (χ3n) is 3.25. The van der Waals surface area contributed by atoms with E-state index in [9.17, 15) is 4.79 Å². The Labute approximate surface area is 101 Å². The van der Waals surface area contributed by atoms with Gasteiger partial charge < -0.3 is 5.32 Å². The minimum atomic E-state index is 0.443. The lowest BCUT2D eigenvalue weighted by Gasteiger charge is -2.21. The molecule has 1 aliphatic rings. The lowest BCUT2D eigenvalue weighted by molar-refractivity contribution is -0.120. The number of carbonyl (C=O) groups excluding carboxylic acids is 1. The Kier molecular flexibility index (Phi) is 4.55. The largest absolute Gasteiger partial charge is 0.317 e. The number of carbonyl (C=O) groups is 1. The molecule has 0 amide bonds. The Morgan fingerprint density at radius 1 is 1.44 bits per heavy atom. The quantitative estimate of drug-likeness (QED) is 0.853. The second kappa shape index (κ2) is 6.16. The molecule has 2 rings (SSSR count). The summed E-state index contributed by atoms with van der Waals surface area (Å²) >= 11 is 1.71. The number of ketones is 1. The molecule has 3 heteroatoms. The summed E-state index contributed by atoms with van der Waals surface area (Å²) in [5, 5.41) is 7.55. The number of piperidine rings is 1. The molecular weight excluding hydrogens is 218 g/mol. The molecule has 1 fully saturated rings. The normalized spacial score (nSPS) is 17.5. The maximum Gasteiger partial charge on any atom is 0.133 e. The summed E-state index contributed by atoms with van der Waals surface area (Å²) in [6.45, 7) is 2.17. The lowest BCUT2D eigenvalue weighted by atomic mass is 9.91. The van der Waals surface area contributed by atoms with E-state index >= 15 is 0 Å². The van der Waals surface area contributed by atoms with Crippen LogP contribution in [0.2, 0.25) is 0 Å². The molecule has 0 aromatic carbocycles. The van der Waals surface area contributed by atoms with E-state index < -0.39 is 0 Å². The number of hydrogen-bond acceptors (Lipinski definition) is 3. The molecule has 0 aliphatic carbocycles.